The van der Waals surface area contributed by atoms with Crippen LogP contribution in [0.4, 0.5) is 0 Å². The fourth-order valence-electron chi connectivity index (χ4n) is 8.45. The number of carbonyl (C=O) groups is 5. The fourth-order valence-corrected chi connectivity index (χ4v) is 8.45. The van der Waals surface area contributed by atoms with Crippen molar-refractivity contribution in [3.63, 3.8) is 0 Å². The lowest BCUT2D eigenvalue weighted by molar-refractivity contribution is -0.349. The molecule has 0 radical (unpaired) electrons. The summed E-state index contributed by atoms with van der Waals surface area (Å²) in [4.78, 5) is 64.3. The molecule has 17 heteroatoms. The van der Waals surface area contributed by atoms with Crippen LogP contribution in [0, 0.1) is 16.7 Å². The minimum atomic E-state index is -2.41. The van der Waals surface area contributed by atoms with Crippen LogP contribution in [-0.4, -0.2) is 131 Å². The Balaban J connectivity index is 1.87. The Bertz CT molecular complexity index is 1700. The summed E-state index contributed by atoms with van der Waals surface area (Å²) in [6.45, 7) is 12.9. The van der Waals surface area contributed by atoms with Crippen molar-refractivity contribution >= 4 is 29.8 Å². The third-order valence-electron chi connectivity index (χ3n) is 12.0. The normalized spacial score (nSPS) is 36.8. The number of hydrogen-bond donors (Lipinski definition) is 4. The largest absolute Gasteiger partial charge is 0.466 e. The molecule has 0 saturated carbocycles. The maximum atomic E-state index is 13.4. The molecule has 0 spiro atoms. The third-order valence-corrected chi connectivity index (χ3v) is 12.0. The highest BCUT2D eigenvalue weighted by molar-refractivity contribution is 5.83. The van der Waals surface area contributed by atoms with Crippen LogP contribution in [0.15, 0.2) is 35.5 Å². The Labute approximate surface area is 357 Å². The topological polar surface area (TPSA) is 240 Å². The molecule has 0 amide bonds. The van der Waals surface area contributed by atoms with Gasteiger partial charge in [0, 0.05) is 56.6 Å². The summed E-state index contributed by atoms with van der Waals surface area (Å²) in [6, 6.07) is 0. The van der Waals surface area contributed by atoms with E-state index in [0.717, 1.165) is 20.1 Å². The molecule has 344 valence electrons. The Morgan fingerprint density at radius 1 is 0.869 bits per heavy atom. The fraction of sp³-hybridized carbons (Fsp3) is 0.750. The van der Waals surface area contributed by atoms with Crippen molar-refractivity contribution in [2.45, 2.75) is 180 Å². The molecule has 4 N–H and O–H groups in total. The molecule has 4 heterocycles. The molecule has 0 aromatic carbocycles. The molecule has 0 aliphatic carbocycles. The highest BCUT2D eigenvalue weighted by Crippen LogP contribution is 2.50. The number of aliphatic hydroxyl groups is 4. The van der Waals surface area contributed by atoms with Gasteiger partial charge < -0.3 is 58.3 Å². The number of carbonyl (C=O) groups excluding carboxylic acids is 5. The summed E-state index contributed by atoms with van der Waals surface area (Å²) in [6.07, 6.45) is -4.92. The number of cyclic esters (lactones) is 1. The maximum absolute atomic E-state index is 13.4. The maximum Gasteiger partial charge on any atom is 0.330 e. The number of aliphatic hydroxyl groups excluding tert-OH is 2. The summed E-state index contributed by atoms with van der Waals surface area (Å²) in [5.74, 6) is -8.04. The summed E-state index contributed by atoms with van der Waals surface area (Å²) in [5, 5.41) is 47.4. The number of ether oxygens (including phenoxy) is 8. The number of methoxy groups -OCH3 is 2. The summed E-state index contributed by atoms with van der Waals surface area (Å²) in [7, 11) is 2.40. The van der Waals surface area contributed by atoms with Gasteiger partial charge in [0.05, 0.1) is 62.7 Å². The zero-order valence-electron chi connectivity index (χ0n) is 37.0. The molecule has 61 heavy (non-hydrogen) atoms. The van der Waals surface area contributed by atoms with Crippen LogP contribution in [0.2, 0.25) is 0 Å². The first kappa shape index (κ1) is 49.9. The molecule has 3 saturated heterocycles. The smallest absolute Gasteiger partial charge is 0.330 e. The Kier molecular flexibility index (Phi) is 16.5. The zero-order valence-corrected chi connectivity index (χ0v) is 37.0. The first-order chi connectivity index (χ1) is 28.3. The van der Waals surface area contributed by atoms with E-state index in [1.807, 2.05) is 13.8 Å². The Morgan fingerprint density at radius 2 is 1.52 bits per heavy atom. The van der Waals surface area contributed by atoms with Gasteiger partial charge >= 0.3 is 29.8 Å². The molecule has 4 aliphatic heterocycles. The third kappa shape index (κ3) is 12.5. The van der Waals surface area contributed by atoms with Gasteiger partial charge in [-0.15, -0.1) is 0 Å². The number of hydrogen-bond acceptors (Lipinski definition) is 17. The van der Waals surface area contributed by atoms with Gasteiger partial charge in [-0.05, 0) is 37.7 Å². The molecular weight excluding hydrogens is 800 g/mol. The van der Waals surface area contributed by atoms with E-state index in [1.54, 1.807) is 39.8 Å². The van der Waals surface area contributed by atoms with Crippen LogP contribution in [0.3, 0.4) is 0 Å². The Hall–Kier alpha value is -3.71. The molecule has 3 fully saturated rings. The standard InChI is InChI=1S/C44H66O17/c1-24(2)13-38(50)59-35-22-32-19-29(47)20-39(51)58-34(25(3)45)21-31-17-28(18-37(49)55-10)40(56-26(4)46)44(53,61-31)41(5,6)12-11-30-14-27(16-36(48)54-9)15-33(57-30)23-43(52,60-32)42(35,7)8/h11-12,16,18,24-25,29-35,40,45,47,52-53H,13-15,17,19-23H2,1-10H3/b12-11-,27-16-,28-18+/t25-,29+,30+,31+,32-,33+,34-,35+,40+,43+,44-/m1/s1. The lowest BCUT2D eigenvalue weighted by Crippen LogP contribution is -2.62. The summed E-state index contributed by atoms with van der Waals surface area (Å²) in [5.41, 5.74) is -1.98. The SMILES string of the molecule is COC(=O)/C=C1\C[C@H]2C[C@]3(O)O[C@H](C[C@H](O)CC(=O)O[C@@H]([C@@H](C)O)C[C@@H]4C/C(=C\C(=O)OC)[C@H](OC(C)=O)[C@@](O)(O4)C(C)(C)/C=C\[C@@H](C1)O2)C[C@H](OC(=O)CC(C)C)C3(C)C. The van der Waals surface area contributed by atoms with Crippen LogP contribution in [0.25, 0.3) is 0 Å². The predicted octanol–water partition coefficient (Wildman–Crippen LogP) is 3.41. The van der Waals surface area contributed by atoms with Gasteiger partial charge in [0.25, 0.3) is 0 Å². The van der Waals surface area contributed by atoms with Gasteiger partial charge in [-0.1, -0.05) is 59.3 Å². The van der Waals surface area contributed by atoms with E-state index >= 15 is 0 Å². The van der Waals surface area contributed by atoms with E-state index in [4.69, 9.17) is 37.9 Å². The minimum absolute atomic E-state index is 0.00726. The average Bonchev–Trinajstić information content (AvgIpc) is 3.13. The monoisotopic (exact) mass is 866 g/mol. The summed E-state index contributed by atoms with van der Waals surface area (Å²) < 4.78 is 46.5. The molecule has 0 aromatic heterocycles. The Morgan fingerprint density at radius 3 is 2.13 bits per heavy atom. The second kappa shape index (κ2) is 20.2. The molecule has 4 aliphatic rings. The molecule has 0 aromatic rings. The quantitative estimate of drug-likeness (QED) is 0.124. The lowest BCUT2D eigenvalue weighted by atomic mass is 9.70. The first-order valence-electron chi connectivity index (χ1n) is 20.9. The highest BCUT2D eigenvalue weighted by atomic mass is 16.7. The van der Waals surface area contributed by atoms with Crippen molar-refractivity contribution in [2.24, 2.45) is 16.7 Å². The lowest BCUT2D eigenvalue weighted by Gasteiger charge is -2.54. The zero-order chi connectivity index (χ0) is 45.7. The van der Waals surface area contributed by atoms with E-state index < -0.39 is 114 Å². The van der Waals surface area contributed by atoms with Gasteiger partial charge in [0.2, 0.25) is 5.79 Å². The average molecular weight is 867 g/mol. The van der Waals surface area contributed by atoms with Crippen LogP contribution < -0.4 is 0 Å². The van der Waals surface area contributed by atoms with Crippen LogP contribution in [0.5, 0.6) is 0 Å². The van der Waals surface area contributed by atoms with Crippen molar-refractivity contribution in [3.8, 4) is 0 Å². The predicted molar refractivity (Wildman–Crippen MR) is 215 cm³/mol. The number of esters is 5. The number of rotatable bonds is 7. The molecular formula is C44H66O17. The molecule has 6 bridgehead atoms. The van der Waals surface area contributed by atoms with Gasteiger partial charge in [-0.2, -0.15) is 0 Å². The van der Waals surface area contributed by atoms with Crippen LogP contribution >= 0.6 is 0 Å². The van der Waals surface area contributed by atoms with Crippen molar-refractivity contribution in [1.82, 2.24) is 0 Å². The number of fused-ring (bicyclic) bond motifs is 6. The van der Waals surface area contributed by atoms with E-state index in [2.05, 4.69) is 0 Å². The van der Waals surface area contributed by atoms with E-state index in [9.17, 15) is 44.4 Å². The van der Waals surface area contributed by atoms with Crippen LogP contribution in [0.1, 0.15) is 113 Å². The molecule has 4 rings (SSSR count). The molecule has 11 atom stereocenters. The van der Waals surface area contributed by atoms with Crippen molar-refractivity contribution < 1.29 is 82.3 Å². The van der Waals surface area contributed by atoms with Crippen LogP contribution in [-0.2, 0) is 61.9 Å². The van der Waals surface area contributed by atoms with E-state index in [1.165, 1.54) is 20.1 Å². The van der Waals surface area contributed by atoms with Crippen molar-refractivity contribution in [1.29, 1.82) is 0 Å². The van der Waals surface area contributed by atoms with Gasteiger partial charge in [0.15, 0.2) is 11.9 Å². The summed E-state index contributed by atoms with van der Waals surface area (Å²) >= 11 is 0. The van der Waals surface area contributed by atoms with E-state index in [0.29, 0.717) is 5.57 Å². The van der Waals surface area contributed by atoms with Gasteiger partial charge in [-0.3, -0.25) is 14.4 Å². The second-order valence-corrected chi connectivity index (χ2v) is 18.3. The van der Waals surface area contributed by atoms with E-state index in [-0.39, 0.29) is 62.9 Å². The minimum Gasteiger partial charge on any atom is -0.466 e. The second-order valence-electron chi connectivity index (χ2n) is 18.3. The van der Waals surface area contributed by atoms with Crippen molar-refractivity contribution in [2.75, 3.05) is 14.2 Å². The highest BCUT2D eigenvalue weighted by Gasteiger charge is 2.59. The molecule has 17 nitrogen and oxygen atoms in total. The van der Waals surface area contributed by atoms with Crippen molar-refractivity contribution in [3.05, 3.63) is 35.5 Å². The van der Waals surface area contributed by atoms with Gasteiger partial charge in [0.1, 0.15) is 12.2 Å². The van der Waals surface area contributed by atoms with Gasteiger partial charge in [-0.25, -0.2) is 9.59 Å². The molecule has 0 unspecified atom stereocenters. The first-order valence-corrected chi connectivity index (χ1v) is 20.9.